The molecule has 0 aliphatic rings. The molecule has 0 aliphatic heterocycles. The van der Waals surface area contributed by atoms with E-state index in [2.05, 4.69) is 21.2 Å². The minimum atomic E-state index is -0.231. The molecule has 0 unspecified atom stereocenters. The largest absolute Gasteiger partial charge is 0.466 e. The molecule has 1 N–H and O–H groups in total. The number of rotatable bonds is 7. The smallest absolute Gasteiger partial charge is 0.305 e. The number of halogens is 1. The fourth-order valence-electron chi connectivity index (χ4n) is 1.51. The molecule has 1 aromatic carbocycles. The Bertz CT molecular complexity index is 486. The fraction of sp³-hybridized carbons (Fsp3) is 0.333. The van der Waals surface area contributed by atoms with Crippen LogP contribution in [0.2, 0.25) is 0 Å². The van der Waals surface area contributed by atoms with E-state index in [4.69, 9.17) is 4.74 Å². The highest BCUT2D eigenvalue weighted by molar-refractivity contribution is 9.10. The molecule has 0 aromatic heterocycles. The summed E-state index contributed by atoms with van der Waals surface area (Å²) in [7, 11) is 0. The van der Waals surface area contributed by atoms with Crippen LogP contribution in [0.1, 0.15) is 25.3 Å². The highest BCUT2D eigenvalue weighted by Crippen LogP contribution is 2.16. The summed E-state index contributed by atoms with van der Waals surface area (Å²) in [5.41, 5.74) is 0.939. The molecule has 20 heavy (non-hydrogen) atoms. The van der Waals surface area contributed by atoms with Gasteiger partial charge in [-0.3, -0.25) is 9.59 Å². The lowest BCUT2D eigenvalue weighted by Gasteiger charge is -2.03. The van der Waals surface area contributed by atoms with Crippen molar-refractivity contribution < 1.29 is 14.3 Å². The van der Waals surface area contributed by atoms with Gasteiger partial charge in [0.25, 0.3) is 0 Å². The first-order chi connectivity index (χ1) is 9.63. The second-order valence-corrected chi connectivity index (χ2v) is 4.91. The third-order valence-electron chi connectivity index (χ3n) is 2.48. The molecule has 5 heteroatoms. The SMILES string of the molecule is CCOC(=O)CCCNC(=O)/C=C/c1ccccc1Br. The van der Waals surface area contributed by atoms with Gasteiger partial charge in [0.2, 0.25) is 5.91 Å². The van der Waals surface area contributed by atoms with Gasteiger partial charge in [0.05, 0.1) is 6.61 Å². The molecule has 0 spiro atoms. The quantitative estimate of drug-likeness (QED) is 0.472. The van der Waals surface area contributed by atoms with E-state index in [1.165, 1.54) is 6.08 Å². The van der Waals surface area contributed by atoms with Crippen LogP contribution in [0.3, 0.4) is 0 Å². The van der Waals surface area contributed by atoms with Gasteiger partial charge in [-0.2, -0.15) is 0 Å². The van der Waals surface area contributed by atoms with E-state index in [0.717, 1.165) is 10.0 Å². The second kappa shape index (κ2) is 9.31. The molecule has 0 heterocycles. The zero-order chi connectivity index (χ0) is 14.8. The Balaban J connectivity index is 2.27. The number of benzene rings is 1. The average Bonchev–Trinajstić information content (AvgIpc) is 2.43. The van der Waals surface area contributed by atoms with Crippen molar-refractivity contribution in [3.8, 4) is 0 Å². The van der Waals surface area contributed by atoms with Crippen molar-refractivity contribution in [2.45, 2.75) is 19.8 Å². The summed E-state index contributed by atoms with van der Waals surface area (Å²) in [6.07, 6.45) is 4.12. The highest BCUT2D eigenvalue weighted by Gasteiger charge is 2.01. The first-order valence-corrected chi connectivity index (χ1v) is 7.29. The maximum absolute atomic E-state index is 11.6. The average molecular weight is 340 g/mol. The molecule has 4 nitrogen and oxygen atoms in total. The van der Waals surface area contributed by atoms with Crippen LogP contribution in [0.15, 0.2) is 34.8 Å². The first kappa shape index (κ1) is 16.4. The number of esters is 1. The number of carbonyl (C=O) groups is 2. The maximum Gasteiger partial charge on any atom is 0.305 e. The standard InChI is InChI=1S/C15H18BrNO3/c1-2-20-15(19)8-5-11-17-14(18)10-9-12-6-3-4-7-13(12)16/h3-4,6-7,9-10H,2,5,8,11H2,1H3,(H,17,18)/b10-9+. The number of ether oxygens (including phenoxy) is 1. The number of hydrogen-bond donors (Lipinski definition) is 1. The van der Waals surface area contributed by atoms with E-state index < -0.39 is 0 Å². The monoisotopic (exact) mass is 339 g/mol. The number of hydrogen-bond acceptors (Lipinski definition) is 3. The zero-order valence-electron chi connectivity index (χ0n) is 11.4. The van der Waals surface area contributed by atoms with Gasteiger partial charge in [-0.25, -0.2) is 0 Å². The van der Waals surface area contributed by atoms with Gasteiger partial charge in [-0.15, -0.1) is 0 Å². The lowest BCUT2D eigenvalue weighted by atomic mass is 10.2. The molecular weight excluding hydrogens is 322 g/mol. The van der Waals surface area contributed by atoms with Crippen LogP contribution in [0.4, 0.5) is 0 Å². The maximum atomic E-state index is 11.6. The molecule has 0 atom stereocenters. The predicted molar refractivity (Wildman–Crippen MR) is 82.1 cm³/mol. The van der Waals surface area contributed by atoms with Gasteiger partial charge in [-0.1, -0.05) is 34.1 Å². The van der Waals surface area contributed by atoms with Crippen molar-refractivity contribution >= 4 is 33.9 Å². The number of carbonyl (C=O) groups excluding carboxylic acids is 2. The van der Waals surface area contributed by atoms with Crippen molar-refractivity contribution in [2.75, 3.05) is 13.2 Å². The second-order valence-electron chi connectivity index (χ2n) is 4.05. The molecule has 108 valence electrons. The Hall–Kier alpha value is -1.62. The minimum Gasteiger partial charge on any atom is -0.466 e. The highest BCUT2D eigenvalue weighted by atomic mass is 79.9. The lowest BCUT2D eigenvalue weighted by Crippen LogP contribution is -2.22. The summed E-state index contributed by atoms with van der Waals surface area (Å²) in [4.78, 5) is 22.7. The van der Waals surface area contributed by atoms with Crippen LogP contribution in [0.25, 0.3) is 6.08 Å². The zero-order valence-corrected chi connectivity index (χ0v) is 13.0. The molecule has 1 amide bonds. The van der Waals surface area contributed by atoms with Crippen LogP contribution in [-0.2, 0) is 14.3 Å². The predicted octanol–water partition coefficient (Wildman–Crippen LogP) is 2.92. The molecule has 0 bridgehead atoms. The number of nitrogens with one attached hydrogen (secondary N) is 1. The van der Waals surface area contributed by atoms with E-state index >= 15 is 0 Å². The molecule has 0 aliphatic carbocycles. The van der Waals surface area contributed by atoms with Crippen LogP contribution < -0.4 is 5.32 Å². The molecule has 1 aromatic rings. The van der Waals surface area contributed by atoms with Crippen LogP contribution in [-0.4, -0.2) is 25.0 Å². The van der Waals surface area contributed by atoms with Crippen molar-refractivity contribution in [2.24, 2.45) is 0 Å². The Kier molecular flexibility index (Phi) is 7.65. The third kappa shape index (κ3) is 6.52. The Morgan fingerprint density at radius 3 is 2.80 bits per heavy atom. The molecule has 1 rings (SSSR count). The molecule has 0 saturated heterocycles. The van der Waals surface area contributed by atoms with Crippen molar-refractivity contribution in [3.63, 3.8) is 0 Å². The summed E-state index contributed by atoms with van der Waals surface area (Å²) in [6.45, 7) is 2.62. The van der Waals surface area contributed by atoms with Gasteiger partial charge < -0.3 is 10.1 Å². The van der Waals surface area contributed by atoms with Crippen molar-refractivity contribution in [3.05, 3.63) is 40.4 Å². The summed E-state index contributed by atoms with van der Waals surface area (Å²) >= 11 is 3.41. The van der Waals surface area contributed by atoms with Gasteiger partial charge in [0, 0.05) is 23.5 Å². The van der Waals surface area contributed by atoms with Crippen molar-refractivity contribution in [1.82, 2.24) is 5.32 Å². The van der Waals surface area contributed by atoms with Gasteiger partial charge >= 0.3 is 5.97 Å². The first-order valence-electron chi connectivity index (χ1n) is 6.49. The summed E-state index contributed by atoms with van der Waals surface area (Å²) in [5, 5.41) is 2.72. The van der Waals surface area contributed by atoms with Gasteiger partial charge in [0.15, 0.2) is 0 Å². The Morgan fingerprint density at radius 1 is 1.35 bits per heavy atom. The van der Waals surface area contributed by atoms with E-state index in [1.54, 1.807) is 13.0 Å². The summed E-state index contributed by atoms with van der Waals surface area (Å²) in [5.74, 6) is -0.407. The topological polar surface area (TPSA) is 55.4 Å². The Morgan fingerprint density at radius 2 is 2.10 bits per heavy atom. The number of amides is 1. The van der Waals surface area contributed by atoms with Gasteiger partial charge in [-0.05, 0) is 31.1 Å². The summed E-state index contributed by atoms with van der Waals surface area (Å²) in [6, 6.07) is 7.64. The minimum absolute atomic E-state index is 0.176. The molecule has 0 fully saturated rings. The fourth-order valence-corrected chi connectivity index (χ4v) is 1.93. The normalized spacial score (nSPS) is 10.5. The van der Waals surface area contributed by atoms with E-state index in [1.807, 2.05) is 24.3 Å². The van der Waals surface area contributed by atoms with Crippen molar-refractivity contribution in [1.29, 1.82) is 0 Å². The lowest BCUT2D eigenvalue weighted by molar-refractivity contribution is -0.143. The van der Waals surface area contributed by atoms with Crippen LogP contribution >= 0.6 is 15.9 Å². The van der Waals surface area contributed by atoms with Crippen LogP contribution in [0.5, 0.6) is 0 Å². The van der Waals surface area contributed by atoms with E-state index in [9.17, 15) is 9.59 Å². The van der Waals surface area contributed by atoms with E-state index in [0.29, 0.717) is 26.0 Å². The Labute approximate surface area is 127 Å². The molecule has 0 saturated carbocycles. The molecule has 0 radical (unpaired) electrons. The van der Waals surface area contributed by atoms with Crippen LogP contribution in [0, 0.1) is 0 Å². The van der Waals surface area contributed by atoms with Gasteiger partial charge in [0.1, 0.15) is 0 Å². The summed E-state index contributed by atoms with van der Waals surface area (Å²) < 4.78 is 5.73. The molecular formula is C15H18BrNO3. The van der Waals surface area contributed by atoms with E-state index in [-0.39, 0.29) is 11.9 Å². The third-order valence-corrected chi connectivity index (χ3v) is 3.20.